The van der Waals surface area contributed by atoms with Crippen molar-refractivity contribution in [3.63, 3.8) is 0 Å². The van der Waals surface area contributed by atoms with Crippen LogP contribution in [0.3, 0.4) is 0 Å². The number of hydrogen-bond donors (Lipinski definition) is 0. The Morgan fingerprint density at radius 2 is 0.795 bits per heavy atom. The fraction of sp³-hybridized carbons (Fsp3) is 0.483. The van der Waals surface area contributed by atoms with Gasteiger partial charge in [0.15, 0.2) is 0 Å². The van der Waals surface area contributed by atoms with Crippen LogP contribution < -0.4 is 14.2 Å². The van der Waals surface area contributed by atoms with Crippen molar-refractivity contribution in [2.24, 2.45) is 11.8 Å². The number of ether oxygens (including phenoxy) is 3. The highest BCUT2D eigenvalue weighted by molar-refractivity contribution is 5.94. The molecule has 3 atom stereocenters. The summed E-state index contributed by atoms with van der Waals surface area (Å²) < 4.78 is 22.8. The molecule has 15 nitrogen and oxygen atoms in total. The summed E-state index contributed by atoms with van der Waals surface area (Å²) in [5.41, 5.74) is 4.58. The normalized spacial score (nSPS) is 21.3. The summed E-state index contributed by atoms with van der Waals surface area (Å²) in [5.74, 6) is 4.45. The molecular formula is C58H71N9O6. The summed E-state index contributed by atoms with van der Waals surface area (Å²) in [6, 6.07) is 36.1. The SMILES string of the molecule is C.O=C1c2cc(COc3ccccc3)nn2CCN1C1CCCC1.O=C1c2cc(COc3ccccc3)nn2CCN1C1CCCCC1.O=C1c2cc(COc3ccccc3)nn2CCN1[C@@H]1CC2CCC1C2. The number of benzene rings is 3. The van der Waals surface area contributed by atoms with E-state index in [4.69, 9.17) is 14.2 Å². The number of amides is 3. The van der Waals surface area contributed by atoms with Gasteiger partial charge in [0.05, 0.1) is 19.6 Å². The van der Waals surface area contributed by atoms with Gasteiger partial charge in [-0.15, -0.1) is 0 Å². The van der Waals surface area contributed by atoms with Crippen LogP contribution in [0.4, 0.5) is 0 Å². The molecule has 6 heterocycles. The first-order valence-corrected chi connectivity index (χ1v) is 26.6. The summed E-state index contributed by atoms with van der Waals surface area (Å²) >= 11 is 0. The van der Waals surface area contributed by atoms with Crippen LogP contribution in [0, 0.1) is 11.8 Å². The van der Waals surface area contributed by atoms with Gasteiger partial charge in [0.1, 0.15) is 71.2 Å². The molecule has 4 saturated carbocycles. The summed E-state index contributed by atoms with van der Waals surface area (Å²) in [5, 5.41) is 13.6. The average molecular weight is 990 g/mol. The Hall–Kier alpha value is -6.90. The molecule has 0 N–H and O–H groups in total. The van der Waals surface area contributed by atoms with Gasteiger partial charge in [0, 0.05) is 37.8 Å². The molecule has 4 aliphatic carbocycles. The van der Waals surface area contributed by atoms with Crippen molar-refractivity contribution in [2.75, 3.05) is 19.6 Å². The summed E-state index contributed by atoms with van der Waals surface area (Å²) in [4.78, 5) is 44.8. The molecular weight excluding hydrogens is 919 g/mol. The molecule has 13 rings (SSSR count). The van der Waals surface area contributed by atoms with Crippen molar-refractivity contribution in [3.05, 3.63) is 143 Å². The molecule has 4 fully saturated rings. The minimum atomic E-state index is 0. The lowest BCUT2D eigenvalue weighted by Crippen LogP contribution is -2.48. The zero-order valence-electron chi connectivity index (χ0n) is 41.3. The maximum absolute atomic E-state index is 13.0. The van der Waals surface area contributed by atoms with Crippen molar-refractivity contribution in [1.82, 2.24) is 44.0 Å². The fourth-order valence-corrected chi connectivity index (χ4v) is 12.2. The molecule has 2 unspecified atom stereocenters. The van der Waals surface area contributed by atoms with Gasteiger partial charge in [0.2, 0.25) is 0 Å². The second-order valence-electron chi connectivity index (χ2n) is 20.5. The number of para-hydroxylation sites is 3. The van der Waals surface area contributed by atoms with E-state index < -0.39 is 0 Å². The maximum Gasteiger partial charge on any atom is 0.272 e. The van der Waals surface area contributed by atoms with Crippen molar-refractivity contribution < 1.29 is 28.6 Å². The number of carbonyl (C=O) groups is 3. The number of rotatable bonds is 12. The van der Waals surface area contributed by atoms with Gasteiger partial charge in [0.25, 0.3) is 17.7 Å². The van der Waals surface area contributed by atoms with Crippen LogP contribution in [0.2, 0.25) is 0 Å². The first-order valence-electron chi connectivity index (χ1n) is 26.6. The molecule has 7 aliphatic rings. The van der Waals surface area contributed by atoms with Crippen LogP contribution in [0.1, 0.15) is 139 Å². The molecule has 0 saturated heterocycles. The second-order valence-corrected chi connectivity index (χ2v) is 20.5. The minimum Gasteiger partial charge on any atom is -0.487 e. The van der Waals surface area contributed by atoms with Crippen LogP contribution in [0.15, 0.2) is 109 Å². The molecule has 3 amide bonds. The van der Waals surface area contributed by atoms with E-state index in [-0.39, 0.29) is 25.1 Å². The third-order valence-corrected chi connectivity index (χ3v) is 15.9. The Morgan fingerprint density at radius 1 is 0.425 bits per heavy atom. The van der Waals surface area contributed by atoms with Crippen LogP contribution in [0.5, 0.6) is 17.2 Å². The summed E-state index contributed by atoms with van der Waals surface area (Å²) in [6.45, 7) is 5.87. The molecule has 3 aromatic carbocycles. The van der Waals surface area contributed by atoms with E-state index in [0.717, 1.165) is 117 Å². The van der Waals surface area contributed by atoms with E-state index in [9.17, 15) is 14.4 Å². The van der Waals surface area contributed by atoms with Gasteiger partial charge in [-0.1, -0.05) is 101 Å². The van der Waals surface area contributed by atoms with Gasteiger partial charge < -0.3 is 28.9 Å². The monoisotopic (exact) mass is 990 g/mol. The van der Waals surface area contributed by atoms with E-state index in [1.165, 1.54) is 57.8 Å². The first-order chi connectivity index (χ1) is 35.4. The van der Waals surface area contributed by atoms with E-state index in [2.05, 4.69) is 25.1 Å². The molecule has 15 heteroatoms. The Balaban J connectivity index is 0.000000125. The number of nitrogens with zero attached hydrogens (tertiary/aromatic N) is 9. The topological polar surface area (TPSA) is 142 Å². The quantitative estimate of drug-likeness (QED) is 0.117. The van der Waals surface area contributed by atoms with Crippen molar-refractivity contribution in [3.8, 4) is 17.2 Å². The van der Waals surface area contributed by atoms with Crippen LogP contribution >= 0.6 is 0 Å². The first kappa shape index (κ1) is 49.7. The van der Waals surface area contributed by atoms with Crippen LogP contribution in [0.25, 0.3) is 0 Å². The molecule has 2 bridgehead atoms. The molecule has 0 spiro atoms. The number of carbonyl (C=O) groups excluding carboxylic acids is 3. The van der Waals surface area contributed by atoms with E-state index in [1.807, 2.05) is 128 Å². The Labute approximate surface area is 429 Å². The van der Waals surface area contributed by atoms with Crippen molar-refractivity contribution in [2.45, 2.75) is 148 Å². The van der Waals surface area contributed by atoms with Gasteiger partial charge in [-0.2, -0.15) is 15.3 Å². The lowest BCUT2D eigenvalue weighted by Gasteiger charge is -2.37. The molecule has 3 aliphatic heterocycles. The van der Waals surface area contributed by atoms with Crippen molar-refractivity contribution in [1.29, 1.82) is 0 Å². The smallest absolute Gasteiger partial charge is 0.272 e. The number of aromatic nitrogens is 6. The predicted molar refractivity (Wildman–Crippen MR) is 277 cm³/mol. The van der Waals surface area contributed by atoms with Gasteiger partial charge in [-0.25, -0.2) is 0 Å². The van der Waals surface area contributed by atoms with E-state index in [1.54, 1.807) is 0 Å². The van der Waals surface area contributed by atoms with Gasteiger partial charge >= 0.3 is 0 Å². The highest BCUT2D eigenvalue weighted by Gasteiger charge is 2.45. The van der Waals surface area contributed by atoms with E-state index >= 15 is 0 Å². The lowest BCUT2D eigenvalue weighted by atomic mass is 9.93. The number of fused-ring (bicyclic) bond motifs is 5. The summed E-state index contributed by atoms with van der Waals surface area (Å²) in [6.07, 6.45) is 16.0. The molecule has 0 radical (unpaired) electrons. The average Bonchev–Trinajstić information content (AvgIpc) is 4.31. The Bertz CT molecular complexity index is 2780. The van der Waals surface area contributed by atoms with Crippen LogP contribution in [-0.4, -0.2) is 99.5 Å². The summed E-state index contributed by atoms with van der Waals surface area (Å²) in [7, 11) is 0. The molecule has 384 valence electrons. The second kappa shape index (κ2) is 22.9. The zero-order chi connectivity index (χ0) is 48.8. The Kier molecular flexibility index (Phi) is 15.6. The maximum atomic E-state index is 13.0. The zero-order valence-corrected chi connectivity index (χ0v) is 41.3. The third kappa shape index (κ3) is 11.4. The predicted octanol–water partition coefficient (Wildman–Crippen LogP) is 9.85. The lowest BCUT2D eigenvalue weighted by molar-refractivity contribution is 0.0535. The standard InChI is InChI=1S/C20H23N3O2.C19H23N3O2.C18H21N3O2.CH4/c24-20-19-12-16(13-25-17-4-2-1-3-5-17)21-23(19)9-8-22(20)18-11-14-6-7-15(18)10-14;23-19-18-13-15(14-24-17-9-5-2-6-10-17)20-22(18)12-11-21(19)16-7-3-1-4-8-16;22-18-17-12-14(13-23-16-8-2-1-3-9-16)19-21(17)11-10-20(18)15-6-4-5-7-15;/h1-5,12,14-15,18H,6-11,13H2;2,5-6,9-10,13,16H,1,3-4,7-8,11-12,14H2;1-3,8-9,12,15H,4-7,10-11,13H2;1H4/t14?,15?,18-;;;/m1.../s1. The Morgan fingerprint density at radius 3 is 1.16 bits per heavy atom. The highest BCUT2D eigenvalue weighted by atomic mass is 16.5. The third-order valence-electron chi connectivity index (χ3n) is 15.9. The minimum absolute atomic E-state index is 0. The van der Waals surface area contributed by atoms with Gasteiger partial charge in [-0.3, -0.25) is 28.4 Å². The van der Waals surface area contributed by atoms with E-state index in [0.29, 0.717) is 49.3 Å². The molecule has 3 aromatic heterocycles. The number of hydrogen-bond acceptors (Lipinski definition) is 9. The molecule has 73 heavy (non-hydrogen) atoms. The van der Waals surface area contributed by atoms with Crippen LogP contribution in [-0.2, 0) is 39.5 Å². The highest BCUT2D eigenvalue weighted by Crippen LogP contribution is 2.47. The fourth-order valence-electron chi connectivity index (χ4n) is 12.2. The largest absolute Gasteiger partial charge is 0.487 e. The molecule has 6 aromatic rings. The van der Waals surface area contributed by atoms with Crippen molar-refractivity contribution >= 4 is 17.7 Å². The van der Waals surface area contributed by atoms with Gasteiger partial charge in [-0.05, 0) is 111 Å².